The fraction of sp³-hybridized carbons (Fsp3) is 0.929. The van der Waals surface area contributed by atoms with Crippen LogP contribution in [0.15, 0.2) is 0 Å². The number of carbonyl (C=O) groups excluding carboxylic acids is 1. The van der Waals surface area contributed by atoms with E-state index >= 15 is 0 Å². The SMILES string of the molecule is CC(C)C(N)CC(=O)NCCN1CCCCCC1. The molecule has 1 fully saturated rings. The fourth-order valence-electron chi connectivity index (χ4n) is 2.24. The smallest absolute Gasteiger partial charge is 0.221 e. The number of nitrogens with zero attached hydrogens (tertiary/aromatic N) is 1. The van der Waals surface area contributed by atoms with Crippen molar-refractivity contribution in [1.29, 1.82) is 0 Å². The third-order valence-electron chi connectivity index (χ3n) is 3.73. The van der Waals surface area contributed by atoms with Crippen LogP contribution in [0.2, 0.25) is 0 Å². The normalized spacial score (nSPS) is 19.6. The van der Waals surface area contributed by atoms with Crippen molar-refractivity contribution in [3.8, 4) is 0 Å². The zero-order valence-electron chi connectivity index (χ0n) is 12.0. The first-order valence-electron chi connectivity index (χ1n) is 7.34. The van der Waals surface area contributed by atoms with Crippen molar-refractivity contribution in [1.82, 2.24) is 10.2 Å². The van der Waals surface area contributed by atoms with Crippen molar-refractivity contribution in [3.63, 3.8) is 0 Å². The standard InChI is InChI=1S/C14H29N3O/c1-12(2)13(15)11-14(18)16-7-10-17-8-5-3-4-6-9-17/h12-13H,3-11,15H2,1-2H3,(H,16,18). The van der Waals surface area contributed by atoms with Gasteiger partial charge < -0.3 is 16.0 Å². The average Bonchev–Trinajstić information content (AvgIpc) is 2.57. The van der Waals surface area contributed by atoms with Gasteiger partial charge in [0.15, 0.2) is 0 Å². The van der Waals surface area contributed by atoms with E-state index in [2.05, 4.69) is 24.1 Å². The Labute approximate surface area is 111 Å². The molecule has 0 saturated carbocycles. The quantitative estimate of drug-likeness (QED) is 0.753. The van der Waals surface area contributed by atoms with E-state index in [-0.39, 0.29) is 11.9 Å². The summed E-state index contributed by atoms with van der Waals surface area (Å²) in [6.45, 7) is 8.19. The highest BCUT2D eigenvalue weighted by Gasteiger charge is 2.13. The van der Waals surface area contributed by atoms with E-state index in [0.717, 1.165) is 13.1 Å². The summed E-state index contributed by atoms with van der Waals surface area (Å²) in [7, 11) is 0. The number of likely N-dealkylation sites (tertiary alicyclic amines) is 1. The van der Waals surface area contributed by atoms with E-state index in [1.807, 2.05) is 0 Å². The van der Waals surface area contributed by atoms with Gasteiger partial charge in [0.1, 0.15) is 0 Å². The number of amides is 1. The zero-order valence-corrected chi connectivity index (χ0v) is 12.0. The lowest BCUT2D eigenvalue weighted by Gasteiger charge is -2.20. The Morgan fingerprint density at radius 2 is 1.83 bits per heavy atom. The van der Waals surface area contributed by atoms with E-state index in [1.165, 1.54) is 38.8 Å². The van der Waals surface area contributed by atoms with Crippen LogP contribution in [-0.2, 0) is 4.79 Å². The van der Waals surface area contributed by atoms with Gasteiger partial charge in [0.2, 0.25) is 5.91 Å². The molecule has 1 unspecified atom stereocenters. The second-order valence-electron chi connectivity index (χ2n) is 5.72. The van der Waals surface area contributed by atoms with Crippen molar-refractivity contribution >= 4 is 5.91 Å². The molecule has 0 spiro atoms. The predicted octanol–water partition coefficient (Wildman–Crippen LogP) is 1.35. The Morgan fingerprint density at radius 1 is 1.22 bits per heavy atom. The van der Waals surface area contributed by atoms with Gasteiger partial charge in [0.05, 0.1) is 0 Å². The highest BCUT2D eigenvalue weighted by molar-refractivity contribution is 5.76. The molecule has 1 heterocycles. The van der Waals surface area contributed by atoms with Gasteiger partial charge in [-0.2, -0.15) is 0 Å². The number of hydrogen-bond acceptors (Lipinski definition) is 3. The van der Waals surface area contributed by atoms with Gasteiger partial charge >= 0.3 is 0 Å². The molecule has 4 nitrogen and oxygen atoms in total. The first kappa shape index (κ1) is 15.4. The van der Waals surface area contributed by atoms with Gasteiger partial charge in [-0.3, -0.25) is 4.79 Å². The zero-order chi connectivity index (χ0) is 13.4. The lowest BCUT2D eigenvalue weighted by atomic mass is 10.0. The number of nitrogens with two attached hydrogens (primary N) is 1. The van der Waals surface area contributed by atoms with E-state index < -0.39 is 0 Å². The number of carbonyl (C=O) groups is 1. The third kappa shape index (κ3) is 6.36. The molecule has 18 heavy (non-hydrogen) atoms. The second kappa shape index (κ2) is 8.48. The Bertz CT molecular complexity index is 235. The first-order chi connectivity index (χ1) is 8.59. The molecular formula is C14H29N3O. The lowest BCUT2D eigenvalue weighted by molar-refractivity contribution is -0.121. The summed E-state index contributed by atoms with van der Waals surface area (Å²) in [5, 5.41) is 2.98. The molecule has 1 aliphatic heterocycles. The van der Waals surface area contributed by atoms with Crippen molar-refractivity contribution in [2.75, 3.05) is 26.2 Å². The van der Waals surface area contributed by atoms with Crippen LogP contribution in [0.1, 0.15) is 46.0 Å². The monoisotopic (exact) mass is 255 g/mol. The third-order valence-corrected chi connectivity index (χ3v) is 3.73. The minimum atomic E-state index is -0.0248. The first-order valence-corrected chi connectivity index (χ1v) is 7.34. The van der Waals surface area contributed by atoms with Crippen LogP contribution in [-0.4, -0.2) is 43.0 Å². The van der Waals surface area contributed by atoms with Crippen LogP contribution in [0.5, 0.6) is 0 Å². The van der Waals surface area contributed by atoms with Gasteiger partial charge in [-0.15, -0.1) is 0 Å². The van der Waals surface area contributed by atoms with Crippen LogP contribution in [0.4, 0.5) is 0 Å². The van der Waals surface area contributed by atoms with E-state index in [9.17, 15) is 4.79 Å². The Balaban J connectivity index is 2.10. The van der Waals surface area contributed by atoms with Gasteiger partial charge in [0.25, 0.3) is 0 Å². The minimum absolute atomic E-state index is 0.0248. The second-order valence-corrected chi connectivity index (χ2v) is 5.72. The molecule has 1 amide bonds. The van der Waals surface area contributed by atoms with E-state index in [4.69, 9.17) is 5.73 Å². The van der Waals surface area contributed by atoms with Crippen molar-refractivity contribution in [2.45, 2.75) is 52.0 Å². The lowest BCUT2D eigenvalue weighted by Crippen LogP contribution is -2.39. The number of nitrogens with one attached hydrogen (secondary N) is 1. The molecule has 106 valence electrons. The molecule has 1 saturated heterocycles. The predicted molar refractivity (Wildman–Crippen MR) is 75.3 cm³/mol. The fourth-order valence-corrected chi connectivity index (χ4v) is 2.24. The van der Waals surface area contributed by atoms with Crippen molar-refractivity contribution < 1.29 is 4.79 Å². The molecule has 0 radical (unpaired) electrons. The molecule has 0 bridgehead atoms. The highest BCUT2D eigenvalue weighted by Crippen LogP contribution is 2.08. The molecule has 0 aromatic carbocycles. The van der Waals surface area contributed by atoms with Crippen molar-refractivity contribution in [3.05, 3.63) is 0 Å². The maximum atomic E-state index is 11.7. The van der Waals surface area contributed by atoms with Crippen LogP contribution in [0.3, 0.4) is 0 Å². The van der Waals surface area contributed by atoms with Gasteiger partial charge in [-0.25, -0.2) is 0 Å². The summed E-state index contributed by atoms with van der Waals surface area (Å²) in [5.41, 5.74) is 5.88. The summed E-state index contributed by atoms with van der Waals surface area (Å²) in [6.07, 6.45) is 5.74. The van der Waals surface area contributed by atoms with Gasteiger partial charge in [0, 0.05) is 25.6 Å². The van der Waals surface area contributed by atoms with Crippen LogP contribution in [0, 0.1) is 5.92 Å². The molecule has 0 aliphatic carbocycles. The number of hydrogen-bond donors (Lipinski definition) is 2. The molecule has 0 aromatic rings. The van der Waals surface area contributed by atoms with Gasteiger partial charge in [-0.05, 0) is 31.8 Å². The largest absolute Gasteiger partial charge is 0.355 e. The van der Waals surface area contributed by atoms with Gasteiger partial charge in [-0.1, -0.05) is 26.7 Å². The molecule has 0 aromatic heterocycles. The summed E-state index contributed by atoms with van der Waals surface area (Å²) in [6, 6.07) is -0.0248. The average molecular weight is 255 g/mol. The maximum Gasteiger partial charge on any atom is 0.221 e. The minimum Gasteiger partial charge on any atom is -0.355 e. The molecule has 3 N–H and O–H groups in total. The molecule has 1 aliphatic rings. The van der Waals surface area contributed by atoms with E-state index in [0.29, 0.717) is 12.3 Å². The molecule has 1 rings (SSSR count). The Hall–Kier alpha value is -0.610. The Kier molecular flexibility index (Phi) is 7.28. The molecular weight excluding hydrogens is 226 g/mol. The number of rotatable bonds is 6. The Morgan fingerprint density at radius 3 is 2.39 bits per heavy atom. The highest BCUT2D eigenvalue weighted by atomic mass is 16.1. The summed E-state index contributed by atoms with van der Waals surface area (Å²) >= 11 is 0. The summed E-state index contributed by atoms with van der Waals surface area (Å²) in [5.74, 6) is 0.451. The summed E-state index contributed by atoms with van der Waals surface area (Å²) < 4.78 is 0. The van der Waals surface area contributed by atoms with Crippen LogP contribution >= 0.6 is 0 Å². The van der Waals surface area contributed by atoms with Crippen LogP contribution < -0.4 is 11.1 Å². The molecule has 1 atom stereocenters. The van der Waals surface area contributed by atoms with Crippen molar-refractivity contribution in [2.24, 2.45) is 11.7 Å². The summed E-state index contributed by atoms with van der Waals surface area (Å²) in [4.78, 5) is 14.1. The maximum absolute atomic E-state index is 11.7. The molecule has 4 heteroatoms. The van der Waals surface area contributed by atoms with E-state index in [1.54, 1.807) is 0 Å². The van der Waals surface area contributed by atoms with Crippen LogP contribution in [0.25, 0.3) is 0 Å². The topological polar surface area (TPSA) is 58.4 Å².